The summed E-state index contributed by atoms with van der Waals surface area (Å²) >= 11 is 0. The molecule has 1 rings (SSSR count). The van der Waals surface area contributed by atoms with E-state index in [0.717, 1.165) is 24.8 Å². The van der Waals surface area contributed by atoms with Crippen LogP contribution in [-0.4, -0.2) is 34.2 Å². The van der Waals surface area contributed by atoms with Crippen LogP contribution in [0.15, 0.2) is 23.1 Å². The van der Waals surface area contributed by atoms with Gasteiger partial charge in [-0.2, -0.15) is 0 Å². The number of rotatable bonds is 0. The van der Waals surface area contributed by atoms with Crippen LogP contribution < -0.4 is 5.73 Å². The van der Waals surface area contributed by atoms with Gasteiger partial charge in [0.25, 0.3) is 0 Å². The van der Waals surface area contributed by atoms with Crippen LogP contribution in [0, 0.1) is 17.3 Å². The molecule has 1 aliphatic heterocycles. The maximum Gasteiger partial charge on any atom is 0.313 e. The fourth-order valence-electron chi connectivity index (χ4n) is 3.37. The first-order valence-corrected chi connectivity index (χ1v) is 9.62. The van der Waals surface area contributed by atoms with Crippen molar-refractivity contribution in [3.63, 3.8) is 0 Å². The van der Waals surface area contributed by atoms with Gasteiger partial charge in [-0.1, -0.05) is 33.3 Å². The second kappa shape index (κ2) is 9.51. The second-order valence-electron chi connectivity index (χ2n) is 8.47. The van der Waals surface area contributed by atoms with Gasteiger partial charge in [0.1, 0.15) is 11.5 Å². The summed E-state index contributed by atoms with van der Waals surface area (Å²) in [7, 11) is 0. The monoisotopic (exact) mass is 381 g/mol. The van der Waals surface area contributed by atoms with Crippen LogP contribution in [0.2, 0.25) is 0 Å². The van der Waals surface area contributed by atoms with Gasteiger partial charge in [-0.25, -0.2) is 0 Å². The molecule has 4 N–H and O–H groups in total. The molecule has 6 nitrogen and oxygen atoms in total. The summed E-state index contributed by atoms with van der Waals surface area (Å²) in [6, 6.07) is 0. The van der Waals surface area contributed by atoms with Crippen molar-refractivity contribution >= 4 is 11.8 Å². The van der Waals surface area contributed by atoms with Gasteiger partial charge in [0, 0.05) is 11.6 Å². The molecule has 6 heteroatoms. The Morgan fingerprint density at radius 2 is 1.85 bits per heavy atom. The normalized spacial score (nSPS) is 33.4. The third-order valence-electron chi connectivity index (χ3n) is 5.56. The Bertz CT molecular complexity index is 616. The molecule has 0 bridgehead atoms. The number of cyclic esters (lactones) is 1. The molecular formula is C21H35NO5. The number of Topliss-reactive ketones (excluding diaryl/α,β-unsaturated/α-hetero) is 1. The van der Waals surface area contributed by atoms with Gasteiger partial charge in [-0.05, 0) is 45.1 Å². The largest absolute Gasteiger partial charge is 0.425 e. The highest BCUT2D eigenvalue weighted by atomic mass is 16.5. The van der Waals surface area contributed by atoms with Gasteiger partial charge in [0.15, 0.2) is 0 Å². The molecule has 0 radical (unpaired) electrons. The first kappa shape index (κ1) is 23.4. The topological polar surface area (TPSA) is 110 Å². The van der Waals surface area contributed by atoms with Crippen molar-refractivity contribution < 1.29 is 24.5 Å². The summed E-state index contributed by atoms with van der Waals surface area (Å²) in [4.78, 5) is 25.2. The summed E-state index contributed by atoms with van der Waals surface area (Å²) in [5.41, 5.74) is 6.02. The molecule has 1 aliphatic rings. The summed E-state index contributed by atoms with van der Waals surface area (Å²) in [6.07, 6.45) is 1.73. The van der Waals surface area contributed by atoms with E-state index in [4.69, 9.17) is 10.5 Å². The Balaban J connectivity index is 3.22. The minimum atomic E-state index is -1.23. The number of nitrogens with two attached hydrogens (primary N) is 1. The van der Waals surface area contributed by atoms with E-state index in [0.29, 0.717) is 5.70 Å². The van der Waals surface area contributed by atoms with E-state index in [1.807, 2.05) is 13.8 Å². The van der Waals surface area contributed by atoms with E-state index in [9.17, 15) is 19.8 Å². The highest BCUT2D eigenvalue weighted by Gasteiger charge is 2.42. The number of esters is 1. The average Bonchev–Trinajstić information content (AvgIpc) is 2.57. The van der Waals surface area contributed by atoms with Crippen LogP contribution in [0.1, 0.15) is 67.2 Å². The van der Waals surface area contributed by atoms with Crippen molar-refractivity contribution in [2.24, 2.45) is 23.0 Å². The number of aliphatic hydroxyl groups excluding tert-OH is 2. The van der Waals surface area contributed by atoms with E-state index in [1.165, 1.54) is 0 Å². The van der Waals surface area contributed by atoms with Crippen LogP contribution in [-0.2, 0) is 14.3 Å². The van der Waals surface area contributed by atoms with E-state index in [2.05, 4.69) is 0 Å². The maximum atomic E-state index is 12.9. The minimum absolute atomic E-state index is 0.0565. The molecule has 1 heterocycles. The van der Waals surface area contributed by atoms with Crippen LogP contribution in [0.5, 0.6) is 0 Å². The fourth-order valence-corrected chi connectivity index (χ4v) is 3.37. The molecule has 0 aliphatic carbocycles. The third-order valence-corrected chi connectivity index (χ3v) is 5.56. The first-order valence-electron chi connectivity index (χ1n) is 9.62. The molecule has 0 fully saturated rings. The number of hydrogen-bond acceptors (Lipinski definition) is 6. The SMILES string of the molecule is CC1=CC(=C(C)N)OC(=O)CC(O)C(C)(C)C(=O)C(C)C(O)C(C)CCC1. The highest BCUT2D eigenvalue weighted by Crippen LogP contribution is 2.32. The lowest BCUT2D eigenvalue weighted by molar-refractivity contribution is -0.148. The Kier molecular flexibility index (Phi) is 8.23. The number of carbonyl (C=O) groups excluding carboxylic acids is 2. The summed E-state index contributed by atoms with van der Waals surface area (Å²) < 4.78 is 5.35. The molecule has 154 valence electrons. The summed E-state index contributed by atoms with van der Waals surface area (Å²) in [6.45, 7) is 10.4. The van der Waals surface area contributed by atoms with Crippen molar-refractivity contribution in [3.8, 4) is 0 Å². The Labute approximate surface area is 162 Å². The van der Waals surface area contributed by atoms with Crippen molar-refractivity contribution in [3.05, 3.63) is 23.1 Å². The van der Waals surface area contributed by atoms with Gasteiger partial charge >= 0.3 is 5.97 Å². The zero-order valence-electron chi connectivity index (χ0n) is 17.4. The number of ketones is 1. The molecule has 4 unspecified atom stereocenters. The number of aliphatic hydroxyl groups is 2. The standard InChI is InChI=1S/C21H35NO5/c1-12-8-7-9-13(2)19(25)14(3)20(26)21(5,6)17(23)11-18(24)27-16(10-12)15(4)22/h10,13-14,17,19,23,25H,7-9,11,22H2,1-6H3. The molecule has 4 atom stereocenters. The smallest absolute Gasteiger partial charge is 0.313 e. The van der Waals surface area contributed by atoms with E-state index in [-0.39, 0.29) is 23.9 Å². The Morgan fingerprint density at radius 1 is 1.26 bits per heavy atom. The molecule has 0 saturated heterocycles. The molecule has 27 heavy (non-hydrogen) atoms. The first-order chi connectivity index (χ1) is 12.4. The number of ether oxygens (including phenoxy) is 1. The van der Waals surface area contributed by atoms with Crippen LogP contribution in [0.25, 0.3) is 0 Å². The van der Waals surface area contributed by atoms with Crippen molar-refractivity contribution in [1.82, 2.24) is 0 Å². The van der Waals surface area contributed by atoms with E-state index < -0.39 is 29.5 Å². The lowest BCUT2D eigenvalue weighted by Crippen LogP contribution is -2.45. The second-order valence-corrected chi connectivity index (χ2v) is 8.47. The molecular weight excluding hydrogens is 346 g/mol. The molecule has 0 aromatic rings. The predicted octanol–water partition coefficient (Wildman–Crippen LogP) is 2.83. The third kappa shape index (κ3) is 6.18. The average molecular weight is 382 g/mol. The van der Waals surface area contributed by atoms with E-state index >= 15 is 0 Å². The van der Waals surface area contributed by atoms with Gasteiger partial charge in [-0.15, -0.1) is 0 Å². The molecule has 0 saturated carbocycles. The lowest BCUT2D eigenvalue weighted by atomic mass is 9.73. The molecule has 0 amide bonds. The quantitative estimate of drug-likeness (QED) is 0.557. The van der Waals surface area contributed by atoms with E-state index in [1.54, 1.807) is 33.8 Å². The number of allylic oxidation sites excluding steroid dienone is 3. The van der Waals surface area contributed by atoms with Gasteiger partial charge in [0.2, 0.25) is 0 Å². The molecule has 0 spiro atoms. The summed E-state index contributed by atoms with van der Waals surface area (Å²) in [5, 5.41) is 21.1. The number of hydrogen-bond donors (Lipinski definition) is 3. The molecule has 0 aromatic heterocycles. The number of carbonyl (C=O) groups is 2. The predicted molar refractivity (Wildman–Crippen MR) is 104 cm³/mol. The van der Waals surface area contributed by atoms with Crippen LogP contribution >= 0.6 is 0 Å². The van der Waals surface area contributed by atoms with Crippen LogP contribution in [0.4, 0.5) is 0 Å². The maximum absolute atomic E-state index is 12.9. The zero-order chi connectivity index (χ0) is 20.9. The van der Waals surface area contributed by atoms with Crippen LogP contribution in [0.3, 0.4) is 0 Å². The van der Waals surface area contributed by atoms with Gasteiger partial charge in [-0.3, -0.25) is 9.59 Å². The van der Waals surface area contributed by atoms with Gasteiger partial charge in [0.05, 0.1) is 24.0 Å². The molecule has 0 aromatic carbocycles. The van der Waals surface area contributed by atoms with Crippen molar-refractivity contribution in [2.75, 3.05) is 0 Å². The fraction of sp³-hybridized carbons (Fsp3) is 0.714. The highest BCUT2D eigenvalue weighted by molar-refractivity contribution is 5.88. The summed E-state index contributed by atoms with van der Waals surface area (Å²) in [5.74, 6) is -1.34. The van der Waals surface area contributed by atoms with Gasteiger partial charge < -0.3 is 20.7 Å². The lowest BCUT2D eigenvalue weighted by Gasteiger charge is -2.34. The Morgan fingerprint density at radius 3 is 2.41 bits per heavy atom. The Hall–Kier alpha value is -1.66. The zero-order valence-corrected chi connectivity index (χ0v) is 17.4. The minimum Gasteiger partial charge on any atom is -0.425 e. The van der Waals surface area contributed by atoms with Crippen molar-refractivity contribution in [1.29, 1.82) is 0 Å². The van der Waals surface area contributed by atoms with Crippen molar-refractivity contribution in [2.45, 2.75) is 79.4 Å².